The zero-order chi connectivity index (χ0) is 17.3. The summed E-state index contributed by atoms with van der Waals surface area (Å²) in [4.78, 5) is 12.0. The molecule has 0 N–H and O–H groups in total. The molecule has 1 aliphatic heterocycles. The maximum absolute atomic E-state index is 12.0. The summed E-state index contributed by atoms with van der Waals surface area (Å²) in [5, 5.41) is 0. The first-order chi connectivity index (χ1) is 11.8. The summed E-state index contributed by atoms with van der Waals surface area (Å²) in [7, 11) is 0. The van der Waals surface area contributed by atoms with Crippen LogP contribution in [0.4, 0.5) is 0 Å². The monoisotopic (exact) mass is 338 g/mol. The molecule has 0 aromatic carbocycles. The molecular weight excluding hydrogens is 300 g/mol. The van der Waals surface area contributed by atoms with Gasteiger partial charge in [-0.1, -0.05) is 64.7 Å². The summed E-state index contributed by atoms with van der Waals surface area (Å²) in [6.07, 6.45) is 19.0. The van der Waals surface area contributed by atoms with Crippen molar-refractivity contribution < 1.29 is 14.3 Å². The minimum Gasteiger partial charge on any atom is -0.462 e. The lowest BCUT2D eigenvalue weighted by atomic mass is 10.1. The topological polar surface area (TPSA) is 35.5 Å². The minimum absolute atomic E-state index is 0.0148. The Morgan fingerprint density at radius 1 is 1.00 bits per heavy atom. The fourth-order valence-corrected chi connectivity index (χ4v) is 3.14. The SMILES string of the molecule is [CH2]CCCCCCCCCCC(=O)OC1CCCC[CH]COCC1. The Morgan fingerprint density at radius 3 is 2.46 bits per heavy atom. The van der Waals surface area contributed by atoms with Crippen LogP contribution in [0.1, 0.15) is 96.3 Å². The summed E-state index contributed by atoms with van der Waals surface area (Å²) in [6, 6.07) is 0. The highest BCUT2D eigenvalue weighted by molar-refractivity contribution is 5.69. The maximum atomic E-state index is 12.0. The highest BCUT2D eigenvalue weighted by Gasteiger charge is 2.15. The van der Waals surface area contributed by atoms with E-state index in [0.717, 1.165) is 51.6 Å². The summed E-state index contributed by atoms with van der Waals surface area (Å²) in [5.74, 6) is -0.0148. The number of ether oxygens (including phenoxy) is 2. The molecule has 1 aliphatic rings. The van der Waals surface area contributed by atoms with E-state index in [9.17, 15) is 4.79 Å². The predicted octanol–water partition coefficient (Wildman–Crippen LogP) is 5.82. The second-order valence-electron chi connectivity index (χ2n) is 6.98. The Hall–Kier alpha value is -0.570. The van der Waals surface area contributed by atoms with Crippen molar-refractivity contribution in [2.45, 2.75) is 102 Å². The third kappa shape index (κ3) is 12.8. The van der Waals surface area contributed by atoms with Gasteiger partial charge >= 0.3 is 5.97 Å². The van der Waals surface area contributed by atoms with Gasteiger partial charge in [0.2, 0.25) is 0 Å². The number of rotatable bonds is 11. The van der Waals surface area contributed by atoms with Gasteiger partial charge in [0.15, 0.2) is 0 Å². The molecule has 0 spiro atoms. The van der Waals surface area contributed by atoms with Crippen LogP contribution in [0.15, 0.2) is 0 Å². The normalized spacial score (nSPS) is 19.8. The molecule has 0 amide bonds. The highest BCUT2D eigenvalue weighted by atomic mass is 16.5. The fourth-order valence-electron chi connectivity index (χ4n) is 3.14. The van der Waals surface area contributed by atoms with Gasteiger partial charge < -0.3 is 9.47 Å². The van der Waals surface area contributed by atoms with Gasteiger partial charge in [-0.15, -0.1) is 0 Å². The summed E-state index contributed by atoms with van der Waals surface area (Å²) in [5.41, 5.74) is 0. The standard InChI is InChI=1S/C21H38O3/c1-2-3-4-5-6-7-8-9-13-16-21(22)24-20-15-12-10-11-14-18-23-19-17-20/h14,20H,1-13,15-19H2. The molecule has 3 nitrogen and oxygen atoms in total. The molecule has 1 saturated heterocycles. The zero-order valence-corrected chi connectivity index (χ0v) is 15.6. The van der Waals surface area contributed by atoms with Gasteiger partial charge in [0, 0.05) is 19.4 Å². The molecule has 0 saturated carbocycles. The van der Waals surface area contributed by atoms with Crippen LogP contribution in [0.5, 0.6) is 0 Å². The second-order valence-corrected chi connectivity index (χ2v) is 6.98. The molecular formula is C21H38O3. The molecule has 1 rings (SSSR count). The molecule has 24 heavy (non-hydrogen) atoms. The van der Waals surface area contributed by atoms with E-state index in [-0.39, 0.29) is 12.1 Å². The first-order valence-corrected chi connectivity index (χ1v) is 10.2. The molecule has 1 fully saturated rings. The van der Waals surface area contributed by atoms with Gasteiger partial charge in [0.05, 0.1) is 6.61 Å². The van der Waals surface area contributed by atoms with Gasteiger partial charge in [0.1, 0.15) is 6.10 Å². The van der Waals surface area contributed by atoms with Crippen molar-refractivity contribution in [2.24, 2.45) is 0 Å². The molecule has 2 radical (unpaired) electrons. The number of carbonyl (C=O) groups is 1. The second kappa shape index (κ2) is 15.9. The Morgan fingerprint density at radius 2 is 1.71 bits per heavy atom. The van der Waals surface area contributed by atoms with Gasteiger partial charge in [-0.05, 0) is 32.1 Å². The molecule has 1 unspecified atom stereocenters. The molecule has 0 aromatic heterocycles. The molecule has 140 valence electrons. The smallest absolute Gasteiger partial charge is 0.306 e. The van der Waals surface area contributed by atoms with Crippen LogP contribution in [-0.4, -0.2) is 25.3 Å². The highest BCUT2D eigenvalue weighted by Crippen LogP contribution is 2.15. The van der Waals surface area contributed by atoms with E-state index in [1.807, 2.05) is 0 Å². The van der Waals surface area contributed by atoms with Crippen molar-refractivity contribution in [3.63, 3.8) is 0 Å². The molecule has 3 heteroatoms. The number of esters is 1. The van der Waals surface area contributed by atoms with E-state index in [0.29, 0.717) is 13.0 Å². The number of hydrogen-bond donors (Lipinski definition) is 0. The third-order valence-electron chi connectivity index (χ3n) is 4.68. The Bertz CT molecular complexity index is 281. The van der Waals surface area contributed by atoms with Crippen molar-refractivity contribution in [2.75, 3.05) is 13.2 Å². The Kier molecular flexibility index (Phi) is 14.3. The van der Waals surface area contributed by atoms with Crippen molar-refractivity contribution in [3.8, 4) is 0 Å². The van der Waals surface area contributed by atoms with Gasteiger partial charge in [-0.3, -0.25) is 4.79 Å². The van der Waals surface area contributed by atoms with Crippen molar-refractivity contribution in [1.29, 1.82) is 0 Å². The quantitative estimate of drug-likeness (QED) is 0.352. The van der Waals surface area contributed by atoms with E-state index in [4.69, 9.17) is 9.47 Å². The molecule has 0 bridgehead atoms. The fraction of sp³-hybridized carbons (Fsp3) is 0.857. The number of hydrogen-bond acceptors (Lipinski definition) is 3. The van der Waals surface area contributed by atoms with E-state index in [1.165, 1.54) is 44.9 Å². The lowest BCUT2D eigenvalue weighted by Gasteiger charge is -2.19. The van der Waals surface area contributed by atoms with Crippen LogP contribution >= 0.6 is 0 Å². The van der Waals surface area contributed by atoms with Gasteiger partial charge in [-0.2, -0.15) is 0 Å². The van der Waals surface area contributed by atoms with Crippen molar-refractivity contribution >= 4 is 5.97 Å². The van der Waals surface area contributed by atoms with Crippen LogP contribution in [0.3, 0.4) is 0 Å². The van der Waals surface area contributed by atoms with E-state index in [2.05, 4.69) is 13.3 Å². The van der Waals surface area contributed by atoms with E-state index >= 15 is 0 Å². The number of unbranched alkanes of at least 4 members (excludes halogenated alkanes) is 8. The van der Waals surface area contributed by atoms with E-state index < -0.39 is 0 Å². The average Bonchev–Trinajstić information content (AvgIpc) is 2.59. The Balaban J connectivity index is 1.99. The lowest BCUT2D eigenvalue weighted by molar-refractivity contribution is -0.150. The first kappa shape index (κ1) is 21.5. The van der Waals surface area contributed by atoms with Gasteiger partial charge in [0.25, 0.3) is 0 Å². The van der Waals surface area contributed by atoms with Crippen LogP contribution in [-0.2, 0) is 14.3 Å². The zero-order valence-electron chi connectivity index (χ0n) is 15.6. The minimum atomic E-state index is -0.0148. The first-order valence-electron chi connectivity index (χ1n) is 10.2. The molecule has 0 aromatic rings. The molecule has 1 heterocycles. The summed E-state index contributed by atoms with van der Waals surface area (Å²) < 4.78 is 11.2. The van der Waals surface area contributed by atoms with Crippen LogP contribution in [0, 0.1) is 13.3 Å². The van der Waals surface area contributed by atoms with Crippen LogP contribution in [0.25, 0.3) is 0 Å². The van der Waals surface area contributed by atoms with Crippen LogP contribution in [0.2, 0.25) is 0 Å². The van der Waals surface area contributed by atoms with Crippen LogP contribution < -0.4 is 0 Å². The summed E-state index contributed by atoms with van der Waals surface area (Å²) in [6.45, 7) is 5.30. The van der Waals surface area contributed by atoms with Crippen molar-refractivity contribution in [3.05, 3.63) is 13.3 Å². The molecule has 0 aliphatic carbocycles. The maximum Gasteiger partial charge on any atom is 0.306 e. The average molecular weight is 339 g/mol. The lowest BCUT2D eigenvalue weighted by Crippen LogP contribution is -2.21. The third-order valence-corrected chi connectivity index (χ3v) is 4.68. The number of carbonyl (C=O) groups excluding carboxylic acids is 1. The largest absolute Gasteiger partial charge is 0.462 e. The summed E-state index contributed by atoms with van der Waals surface area (Å²) >= 11 is 0. The Labute approximate surface area is 149 Å². The van der Waals surface area contributed by atoms with Crippen molar-refractivity contribution in [1.82, 2.24) is 0 Å². The predicted molar refractivity (Wildman–Crippen MR) is 99.6 cm³/mol. The van der Waals surface area contributed by atoms with Gasteiger partial charge in [-0.25, -0.2) is 0 Å². The van der Waals surface area contributed by atoms with E-state index in [1.54, 1.807) is 0 Å². The molecule has 1 atom stereocenters.